The van der Waals surface area contributed by atoms with Gasteiger partial charge in [-0.2, -0.15) is 0 Å². The highest BCUT2D eigenvalue weighted by atomic mass is 32.2. The molecule has 5 heteroatoms. The summed E-state index contributed by atoms with van der Waals surface area (Å²) in [6.07, 6.45) is 0. The molecule has 0 radical (unpaired) electrons. The molecule has 0 fully saturated rings. The number of rotatable bonds is 5. The van der Waals surface area contributed by atoms with Crippen LogP contribution in [0.2, 0.25) is 0 Å². The van der Waals surface area contributed by atoms with Crippen LogP contribution in [-0.4, -0.2) is 20.9 Å². The lowest BCUT2D eigenvalue weighted by Gasteiger charge is -2.30. The molecule has 4 nitrogen and oxygen atoms in total. The topological polar surface area (TPSA) is 61.4 Å². The van der Waals surface area contributed by atoms with Crippen molar-refractivity contribution in [1.82, 2.24) is 4.72 Å². The van der Waals surface area contributed by atoms with Crippen LogP contribution in [0.25, 0.3) is 0 Å². The first-order valence-corrected chi connectivity index (χ1v) is 9.47. The number of carbonyl (C=O) groups excluding carboxylic acids is 1. The van der Waals surface area contributed by atoms with E-state index in [1.165, 1.54) is 0 Å². The zero-order valence-corrected chi connectivity index (χ0v) is 16.9. The maximum absolute atomic E-state index is 12.4. The van der Waals surface area contributed by atoms with Crippen LogP contribution in [0, 0.1) is 5.92 Å². The van der Waals surface area contributed by atoms with E-state index in [0.29, 0.717) is 5.56 Å². The molecule has 2 atom stereocenters. The quantitative estimate of drug-likeness (QED) is 0.630. The number of hydrogen-bond donors (Lipinski definition) is 1. The van der Waals surface area contributed by atoms with Gasteiger partial charge in [0.25, 0.3) is 0 Å². The number of ether oxygens (including phenoxy) is 1. The smallest absolute Gasteiger partial charge is 0.338 e. The summed E-state index contributed by atoms with van der Waals surface area (Å²) in [4.78, 5) is 12.1. The van der Waals surface area contributed by atoms with Crippen molar-refractivity contribution in [2.75, 3.05) is 0 Å². The van der Waals surface area contributed by atoms with E-state index in [9.17, 15) is 9.35 Å². The maximum atomic E-state index is 12.4. The molecule has 1 rings (SSSR count). The number of nitrogens with one attached hydrogen (secondary N) is 1. The predicted molar refractivity (Wildman–Crippen MR) is 100 cm³/mol. The van der Waals surface area contributed by atoms with E-state index in [0.717, 1.165) is 5.56 Å². The Kier molecular flexibility index (Phi) is 6.91. The van der Waals surface area contributed by atoms with Crippen LogP contribution in [0.3, 0.4) is 0 Å². The number of hydrogen-bond acceptors (Lipinski definition) is 4. The number of esters is 1. The molecular weight excluding hydrogens is 322 g/mol. The molecule has 0 aliphatic rings. The monoisotopic (exact) mass is 353 g/mol. The fourth-order valence-corrected chi connectivity index (χ4v) is 3.04. The molecule has 1 N–H and O–H groups in total. The average molecular weight is 354 g/mol. The summed E-state index contributed by atoms with van der Waals surface area (Å²) in [5, 5.41) is 0. The summed E-state index contributed by atoms with van der Waals surface area (Å²) >= 11 is -1.16. The third-order valence-electron chi connectivity index (χ3n) is 3.36. The largest absolute Gasteiger partial charge is 0.598 e. The van der Waals surface area contributed by atoms with E-state index < -0.39 is 17.0 Å². The van der Waals surface area contributed by atoms with Gasteiger partial charge in [-0.05, 0) is 65.2 Å². The lowest BCUT2D eigenvalue weighted by molar-refractivity contribution is 0.00695. The van der Waals surface area contributed by atoms with Gasteiger partial charge < -0.3 is 9.29 Å². The molecule has 136 valence electrons. The SMILES string of the molecule is CC(C)[C@@H](N[S+]([O-])C(C)(C)C)c1ccc(C(=O)OC(C)(C)C)cc1. The Balaban J connectivity index is 2.93. The van der Waals surface area contributed by atoms with Crippen LogP contribution in [0.5, 0.6) is 0 Å². The minimum Gasteiger partial charge on any atom is -0.598 e. The van der Waals surface area contributed by atoms with E-state index >= 15 is 0 Å². The van der Waals surface area contributed by atoms with Crippen molar-refractivity contribution in [3.8, 4) is 0 Å². The molecule has 0 amide bonds. The Morgan fingerprint density at radius 1 is 1.08 bits per heavy atom. The van der Waals surface area contributed by atoms with E-state index in [4.69, 9.17) is 4.74 Å². The molecule has 0 saturated carbocycles. The van der Waals surface area contributed by atoms with E-state index in [1.54, 1.807) is 12.1 Å². The highest BCUT2D eigenvalue weighted by molar-refractivity contribution is 7.90. The van der Waals surface area contributed by atoms with Crippen molar-refractivity contribution in [2.45, 2.75) is 71.8 Å². The van der Waals surface area contributed by atoms with E-state index in [-0.39, 0.29) is 22.7 Å². The second-order valence-electron chi connectivity index (χ2n) is 8.34. The van der Waals surface area contributed by atoms with Gasteiger partial charge in [-0.3, -0.25) is 0 Å². The zero-order chi connectivity index (χ0) is 18.7. The summed E-state index contributed by atoms with van der Waals surface area (Å²) in [5.74, 6) is -0.0648. The van der Waals surface area contributed by atoms with Gasteiger partial charge in [-0.1, -0.05) is 26.0 Å². The van der Waals surface area contributed by atoms with Crippen LogP contribution in [0.4, 0.5) is 0 Å². The van der Waals surface area contributed by atoms with Gasteiger partial charge in [0, 0.05) is 11.4 Å². The van der Waals surface area contributed by atoms with Crippen LogP contribution in [0.1, 0.15) is 77.4 Å². The molecule has 1 unspecified atom stereocenters. The minimum absolute atomic E-state index is 0.0438. The maximum Gasteiger partial charge on any atom is 0.338 e. The third kappa shape index (κ3) is 6.46. The summed E-state index contributed by atoms with van der Waals surface area (Å²) in [6, 6.07) is 7.28. The summed E-state index contributed by atoms with van der Waals surface area (Å²) in [6.45, 7) is 15.5. The molecule has 1 aromatic carbocycles. The number of benzene rings is 1. The van der Waals surface area contributed by atoms with Crippen LogP contribution < -0.4 is 4.72 Å². The molecule has 0 aliphatic heterocycles. The van der Waals surface area contributed by atoms with Gasteiger partial charge in [0.05, 0.1) is 11.6 Å². The van der Waals surface area contributed by atoms with Gasteiger partial charge >= 0.3 is 5.97 Å². The lowest BCUT2D eigenvalue weighted by atomic mass is 9.96. The fourth-order valence-electron chi connectivity index (χ4n) is 2.04. The molecular formula is C19H31NO3S. The van der Waals surface area contributed by atoms with Crippen molar-refractivity contribution in [3.05, 3.63) is 35.4 Å². The molecule has 0 bridgehead atoms. The molecule has 1 aromatic rings. The van der Waals surface area contributed by atoms with Crippen molar-refractivity contribution in [3.63, 3.8) is 0 Å². The van der Waals surface area contributed by atoms with Crippen LogP contribution in [-0.2, 0) is 16.1 Å². The molecule has 0 aromatic heterocycles. The molecule has 24 heavy (non-hydrogen) atoms. The first-order valence-electron chi connectivity index (χ1n) is 8.32. The highest BCUT2D eigenvalue weighted by Gasteiger charge is 2.31. The van der Waals surface area contributed by atoms with Crippen molar-refractivity contribution in [2.24, 2.45) is 5.92 Å². The highest BCUT2D eigenvalue weighted by Crippen LogP contribution is 2.26. The van der Waals surface area contributed by atoms with Gasteiger partial charge in [-0.25, -0.2) is 4.79 Å². The average Bonchev–Trinajstić information content (AvgIpc) is 2.41. The van der Waals surface area contributed by atoms with Gasteiger partial charge in [0.1, 0.15) is 10.3 Å². The summed E-state index contributed by atoms with van der Waals surface area (Å²) < 4.78 is 20.7. The Morgan fingerprint density at radius 3 is 1.96 bits per heavy atom. The zero-order valence-electron chi connectivity index (χ0n) is 16.1. The molecule has 0 spiro atoms. The first kappa shape index (κ1) is 21.0. The Bertz CT molecular complexity index is 541. The molecule has 0 heterocycles. The standard InChI is InChI=1S/C19H31NO3S/c1-13(2)16(20-24(22)19(6,7)8)14-9-11-15(12-10-14)17(21)23-18(3,4)5/h9-13,16,20H,1-8H3/t16-,24?/m1/s1. The van der Waals surface area contributed by atoms with Crippen molar-refractivity contribution < 1.29 is 14.1 Å². The summed E-state index contributed by atoms with van der Waals surface area (Å²) in [7, 11) is 0. The lowest BCUT2D eigenvalue weighted by Crippen LogP contribution is -2.42. The van der Waals surface area contributed by atoms with E-state index in [1.807, 2.05) is 53.7 Å². The van der Waals surface area contributed by atoms with E-state index in [2.05, 4.69) is 18.6 Å². The Labute approximate surface area is 149 Å². The summed E-state index contributed by atoms with van der Waals surface area (Å²) in [5.41, 5.74) is 1.02. The fraction of sp³-hybridized carbons (Fsp3) is 0.632. The minimum atomic E-state index is -1.16. The first-order chi connectivity index (χ1) is 10.8. The third-order valence-corrected chi connectivity index (χ3v) is 4.94. The Morgan fingerprint density at radius 2 is 1.58 bits per heavy atom. The number of carbonyl (C=O) groups is 1. The normalized spacial score (nSPS) is 15.2. The van der Waals surface area contributed by atoms with Crippen molar-refractivity contribution in [1.29, 1.82) is 0 Å². The van der Waals surface area contributed by atoms with Gasteiger partial charge in [-0.15, -0.1) is 4.72 Å². The van der Waals surface area contributed by atoms with Gasteiger partial charge in [0.15, 0.2) is 0 Å². The van der Waals surface area contributed by atoms with Crippen LogP contribution in [0.15, 0.2) is 24.3 Å². The predicted octanol–water partition coefficient (Wildman–Crippen LogP) is 4.39. The molecule has 0 saturated heterocycles. The second-order valence-corrected chi connectivity index (χ2v) is 10.3. The molecule has 0 aliphatic carbocycles. The second kappa shape index (κ2) is 7.89. The van der Waals surface area contributed by atoms with Crippen LogP contribution >= 0.6 is 0 Å². The Hall–Kier alpha value is -1.04. The van der Waals surface area contributed by atoms with Gasteiger partial charge in [0.2, 0.25) is 0 Å². The van der Waals surface area contributed by atoms with Crippen molar-refractivity contribution >= 4 is 17.3 Å².